The Labute approximate surface area is 105 Å². The van der Waals surface area contributed by atoms with E-state index >= 15 is 0 Å². The Kier molecular flexibility index (Phi) is 4.45. The fourth-order valence-corrected chi connectivity index (χ4v) is 1.51. The minimum absolute atomic E-state index is 1.05. The number of rotatable bonds is 3. The van der Waals surface area contributed by atoms with Crippen LogP contribution in [0, 0.1) is 13.8 Å². The van der Waals surface area contributed by atoms with E-state index in [9.17, 15) is 0 Å². The molecule has 0 N–H and O–H groups in total. The van der Waals surface area contributed by atoms with Crippen molar-refractivity contribution in [2.75, 3.05) is 0 Å². The number of aryl methyl sites for hydroxylation is 2. The molecule has 0 aliphatic carbocycles. The summed E-state index contributed by atoms with van der Waals surface area (Å²) in [6.45, 7) is 14.2. The largest absolute Gasteiger partial charge is 0.256 e. The molecule has 0 saturated carbocycles. The van der Waals surface area contributed by atoms with Gasteiger partial charge in [-0.05, 0) is 68.5 Å². The summed E-state index contributed by atoms with van der Waals surface area (Å²) in [6, 6.07) is 2.14. The van der Waals surface area contributed by atoms with Crippen molar-refractivity contribution < 1.29 is 0 Å². The first kappa shape index (κ1) is 13.4. The van der Waals surface area contributed by atoms with Gasteiger partial charge in [0.15, 0.2) is 0 Å². The van der Waals surface area contributed by atoms with E-state index in [-0.39, 0.29) is 0 Å². The second-order valence-electron chi connectivity index (χ2n) is 4.55. The molecular formula is C16H21N. The van der Waals surface area contributed by atoms with Crippen molar-refractivity contribution in [2.45, 2.75) is 34.6 Å². The molecule has 0 aromatic carbocycles. The van der Waals surface area contributed by atoms with E-state index in [0.29, 0.717) is 0 Å². The maximum atomic E-state index is 4.46. The highest BCUT2D eigenvalue weighted by molar-refractivity contribution is 5.64. The topological polar surface area (TPSA) is 12.9 Å². The molecule has 0 bridgehead atoms. The summed E-state index contributed by atoms with van der Waals surface area (Å²) in [5, 5.41) is 0. The molecule has 1 heterocycles. The Morgan fingerprint density at radius 1 is 1.12 bits per heavy atom. The van der Waals surface area contributed by atoms with E-state index in [1.807, 2.05) is 12.3 Å². The van der Waals surface area contributed by atoms with Crippen LogP contribution >= 0.6 is 0 Å². The second-order valence-corrected chi connectivity index (χ2v) is 4.55. The Morgan fingerprint density at radius 2 is 1.76 bits per heavy atom. The number of aromatic nitrogens is 1. The molecule has 1 rings (SSSR count). The van der Waals surface area contributed by atoms with Crippen molar-refractivity contribution in [1.29, 1.82) is 0 Å². The lowest BCUT2D eigenvalue weighted by atomic mass is 10.0. The molecule has 17 heavy (non-hydrogen) atoms. The van der Waals surface area contributed by atoms with Crippen molar-refractivity contribution >= 4 is 5.57 Å². The first-order chi connectivity index (χ1) is 7.95. The van der Waals surface area contributed by atoms with Crippen molar-refractivity contribution in [1.82, 2.24) is 4.98 Å². The maximum absolute atomic E-state index is 4.46. The highest BCUT2D eigenvalue weighted by Crippen LogP contribution is 2.18. The lowest BCUT2D eigenvalue weighted by molar-refractivity contribution is 1.18. The minimum Gasteiger partial charge on any atom is -0.256 e. The normalized spacial score (nSPS) is 13.4. The molecule has 1 aromatic rings. The number of allylic oxidation sites excluding steroid dienone is 5. The summed E-state index contributed by atoms with van der Waals surface area (Å²) in [5.41, 5.74) is 7.18. The average molecular weight is 227 g/mol. The molecule has 0 aliphatic heterocycles. The standard InChI is InChI=1S/C16H21N/c1-7-11(2)12(3)8-14(5)16-9-13(4)15(6)10-17-16/h7-10H,1H2,2-6H3/b12-11-,14-8+. The smallest absolute Gasteiger partial charge is 0.0661 e. The number of nitrogens with zero attached hydrogens (tertiary/aromatic N) is 1. The summed E-state index contributed by atoms with van der Waals surface area (Å²) in [6.07, 6.45) is 5.97. The van der Waals surface area contributed by atoms with Crippen LogP contribution in [0.5, 0.6) is 0 Å². The lowest BCUT2D eigenvalue weighted by Crippen LogP contribution is -1.91. The van der Waals surface area contributed by atoms with Gasteiger partial charge >= 0.3 is 0 Å². The molecule has 0 aliphatic rings. The van der Waals surface area contributed by atoms with Gasteiger partial charge in [0.1, 0.15) is 0 Å². The third-order valence-electron chi connectivity index (χ3n) is 3.14. The van der Waals surface area contributed by atoms with Crippen LogP contribution in [0.1, 0.15) is 37.6 Å². The van der Waals surface area contributed by atoms with Gasteiger partial charge in [0.05, 0.1) is 5.69 Å². The van der Waals surface area contributed by atoms with Gasteiger partial charge in [0, 0.05) is 6.20 Å². The van der Waals surface area contributed by atoms with Gasteiger partial charge < -0.3 is 0 Å². The van der Waals surface area contributed by atoms with Gasteiger partial charge in [0.2, 0.25) is 0 Å². The summed E-state index contributed by atoms with van der Waals surface area (Å²) in [7, 11) is 0. The molecule has 90 valence electrons. The molecule has 0 spiro atoms. The van der Waals surface area contributed by atoms with Gasteiger partial charge in [0.25, 0.3) is 0 Å². The Hall–Kier alpha value is -1.63. The van der Waals surface area contributed by atoms with E-state index in [1.165, 1.54) is 27.8 Å². The summed E-state index contributed by atoms with van der Waals surface area (Å²) < 4.78 is 0. The van der Waals surface area contributed by atoms with Crippen molar-refractivity contribution in [3.8, 4) is 0 Å². The molecule has 1 heteroatoms. The van der Waals surface area contributed by atoms with Crippen LogP contribution < -0.4 is 0 Å². The molecule has 0 saturated heterocycles. The SMILES string of the molecule is C=C/C(C)=C(C)\C=C(/C)c1cc(C)c(C)cn1. The van der Waals surface area contributed by atoms with Crippen LogP contribution in [-0.2, 0) is 0 Å². The van der Waals surface area contributed by atoms with Crippen LogP contribution in [0.25, 0.3) is 5.57 Å². The van der Waals surface area contributed by atoms with Crippen LogP contribution in [0.4, 0.5) is 0 Å². The zero-order valence-electron chi connectivity index (χ0n) is 11.5. The number of hydrogen-bond donors (Lipinski definition) is 0. The summed E-state index contributed by atoms with van der Waals surface area (Å²) in [5.74, 6) is 0. The average Bonchev–Trinajstić information content (AvgIpc) is 2.31. The van der Waals surface area contributed by atoms with E-state index in [0.717, 1.165) is 5.69 Å². The van der Waals surface area contributed by atoms with Crippen LogP contribution in [0.2, 0.25) is 0 Å². The monoisotopic (exact) mass is 227 g/mol. The van der Waals surface area contributed by atoms with E-state index in [4.69, 9.17) is 0 Å². The predicted molar refractivity (Wildman–Crippen MR) is 75.9 cm³/mol. The van der Waals surface area contributed by atoms with Crippen LogP contribution in [0.15, 0.2) is 42.1 Å². The number of hydrogen-bond acceptors (Lipinski definition) is 1. The fourth-order valence-electron chi connectivity index (χ4n) is 1.51. The van der Waals surface area contributed by atoms with Gasteiger partial charge in [-0.15, -0.1) is 0 Å². The first-order valence-corrected chi connectivity index (χ1v) is 5.87. The van der Waals surface area contributed by atoms with Crippen LogP contribution in [-0.4, -0.2) is 4.98 Å². The minimum atomic E-state index is 1.05. The van der Waals surface area contributed by atoms with Crippen molar-refractivity contribution in [3.63, 3.8) is 0 Å². The first-order valence-electron chi connectivity index (χ1n) is 5.87. The van der Waals surface area contributed by atoms with Crippen molar-refractivity contribution in [2.24, 2.45) is 0 Å². The highest BCUT2D eigenvalue weighted by atomic mass is 14.7. The predicted octanol–water partition coefficient (Wildman–Crippen LogP) is 4.62. The van der Waals surface area contributed by atoms with Gasteiger partial charge in [-0.2, -0.15) is 0 Å². The Balaban J connectivity index is 3.12. The molecule has 0 fully saturated rings. The highest BCUT2D eigenvalue weighted by Gasteiger charge is 2.00. The maximum Gasteiger partial charge on any atom is 0.0661 e. The van der Waals surface area contributed by atoms with Gasteiger partial charge in [-0.1, -0.05) is 18.7 Å². The fraction of sp³-hybridized carbons (Fsp3) is 0.312. The molecular weight excluding hydrogens is 206 g/mol. The third kappa shape index (κ3) is 3.42. The number of pyridine rings is 1. The third-order valence-corrected chi connectivity index (χ3v) is 3.14. The molecule has 1 aromatic heterocycles. The molecule has 0 radical (unpaired) electrons. The molecule has 1 nitrogen and oxygen atoms in total. The molecule has 0 atom stereocenters. The lowest BCUT2D eigenvalue weighted by Gasteiger charge is -2.06. The van der Waals surface area contributed by atoms with Gasteiger partial charge in [-0.25, -0.2) is 0 Å². The van der Waals surface area contributed by atoms with E-state index in [1.54, 1.807) is 0 Å². The second kappa shape index (κ2) is 5.62. The van der Waals surface area contributed by atoms with Gasteiger partial charge in [-0.3, -0.25) is 4.98 Å². The zero-order valence-corrected chi connectivity index (χ0v) is 11.5. The summed E-state index contributed by atoms with van der Waals surface area (Å²) in [4.78, 5) is 4.46. The Bertz CT molecular complexity index is 490. The van der Waals surface area contributed by atoms with Crippen molar-refractivity contribution in [3.05, 3.63) is 59.0 Å². The van der Waals surface area contributed by atoms with E-state index < -0.39 is 0 Å². The quantitative estimate of drug-likeness (QED) is 0.686. The van der Waals surface area contributed by atoms with Crippen LogP contribution in [0.3, 0.4) is 0 Å². The molecule has 0 amide bonds. The Morgan fingerprint density at radius 3 is 2.29 bits per heavy atom. The molecule has 0 unspecified atom stereocenters. The zero-order chi connectivity index (χ0) is 13.0. The van der Waals surface area contributed by atoms with E-state index in [2.05, 4.69) is 58.3 Å². The summed E-state index contributed by atoms with van der Waals surface area (Å²) >= 11 is 0.